The van der Waals surface area contributed by atoms with Crippen LogP contribution in [0.5, 0.6) is 0 Å². The van der Waals surface area contributed by atoms with Crippen molar-refractivity contribution in [2.75, 3.05) is 26.2 Å². The van der Waals surface area contributed by atoms with E-state index < -0.39 is 0 Å². The lowest BCUT2D eigenvalue weighted by Crippen LogP contribution is -2.43. The summed E-state index contributed by atoms with van der Waals surface area (Å²) in [5.41, 5.74) is 0. The third-order valence-corrected chi connectivity index (χ3v) is 6.34. The molecule has 2 saturated heterocycles. The lowest BCUT2D eigenvalue weighted by molar-refractivity contribution is -0.136. The fourth-order valence-corrected chi connectivity index (χ4v) is 4.87. The van der Waals surface area contributed by atoms with Gasteiger partial charge in [0, 0.05) is 38.1 Å². The highest BCUT2D eigenvalue weighted by molar-refractivity contribution is 5.79. The molecule has 24 heavy (non-hydrogen) atoms. The summed E-state index contributed by atoms with van der Waals surface area (Å²) in [6.07, 6.45) is 13.9. The van der Waals surface area contributed by atoms with Crippen molar-refractivity contribution in [2.45, 2.75) is 63.5 Å². The van der Waals surface area contributed by atoms with E-state index in [1.807, 2.05) is 18.5 Å². The van der Waals surface area contributed by atoms with Crippen molar-refractivity contribution in [3.63, 3.8) is 0 Å². The number of likely N-dealkylation sites (tertiary alicyclic amines) is 2. The summed E-state index contributed by atoms with van der Waals surface area (Å²) >= 11 is 0. The van der Waals surface area contributed by atoms with Crippen LogP contribution in [0, 0.1) is 5.92 Å². The second kappa shape index (κ2) is 7.26. The summed E-state index contributed by atoms with van der Waals surface area (Å²) in [6, 6.07) is 3.20. The van der Waals surface area contributed by atoms with E-state index in [-0.39, 0.29) is 5.92 Å². The Balaban J connectivity index is 1.27. The molecule has 0 radical (unpaired) electrons. The molecule has 0 bridgehead atoms. The highest BCUT2D eigenvalue weighted by Crippen LogP contribution is 2.30. The van der Waals surface area contributed by atoms with E-state index in [2.05, 4.69) is 19.6 Å². The number of carbonyl (C=O) groups excluding carboxylic acids is 1. The summed E-state index contributed by atoms with van der Waals surface area (Å²) in [5, 5.41) is 4.36. The van der Waals surface area contributed by atoms with Crippen molar-refractivity contribution in [3.05, 3.63) is 18.5 Å². The van der Waals surface area contributed by atoms with Gasteiger partial charge in [0.2, 0.25) is 5.91 Å². The molecule has 3 fully saturated rings. The highest BCUT2D eigenvalue weighted by atomic mass is 16.2. The van der Waals surface area contributed by atoms with Crippen LogP contribution in [0.3, 0.4) is 0 Å². The smallest absolute Gasteiger partial charge is 0.227 e. The maximum atomic E-state index is 12.9. The first-order valence-corrected chi connectivity index (χ1v) is 9.83. The summed E-state index contributed by atoms with van der Waals surface area (Å²) < 4.78 is 2.06. The van der Waals surface area contributed by atoms with Crippen molar-refractivity contribution in [3.8, 4) is 0 Å². The second-order valence-corrected chi connectivity index (χ2v) is 7.81. The molecular weight excluding hydrogens is 300 g/mol. The van der Waals surface area contributed by atoms with Crippen LogP contribution in [0.1, 0.15) is 57.4 Å². The second-order valence-electron chi connectivity index (χ2n) is 7.81. The number of piperidine rings is 1. The van der Waals surface area contributed by atoms with Gasteiger partial charge in [-0.1, -0.05) is 19.3 Å². The van der Waals surface area contributed by atoms with Crippen LogP contribution < -0.4 is 0 Å². The molecule has 0 spiro atoms. The number of amides is 1. The maximum absolute atomic E-state index is 12.9. The van der Waals surface area contributed by atoms with Gasteiger partial charge in [0.25, 0.3) is 0 Å². The topological polar surface area (TPSA) is 41.4 Å². The molecule has 1 unspecified atom stereocenters. The molecule has 1 amide bonds. The van der Waals surface area contributed by atoms with Crippen LogP contribution in [0.2, 0.25) is 0 Å². The summed E-state index contributed by atoms with van der Waals surface area (Å²) in [5.74, 6) is 0.653. The average Bonchev–Trinajstić information content (AvgIpc) is 3.34. The number of hydrogen-bond donors (Lipinski definition) is 0. The van der Waals surface area contributed by atoms with Crippen LogP contribution in [0.25, 0.3) is 0 Å². The van der Waals surface area contributed by atoms with Gasteiger partial charge in [-0.25, -0.2) is 0 Å². The van der Waals surface area contributed by atoms with E-state index >= 15 is 0 Å². The Labute approximate surface area is 145 Å². The third kappa shape index (κ3) is 3.37. The van der Waals surface area contributed by atoms with Gasteiger partial charge >= 0.3 is 0 Å². The SMILES string of the molecule is O=C(C1CCN(C2CCCCC2)C1)N1CCC(n2cccn2)CC1. The zero-order chi connectivity index (χ0) is 16.4. The summed E-state index contributed by atoms with van der Waals surface area (Å²) in [7, 11) is 0. The molecular formula is C19H30N4O. The summed E-state index contributed by atoms with van der Waals surface area (Å²) in [6.45, 7) is 3.92. The van der Waals surface area contributed by atoms with Gasteiger partial charge in [-0.2, -0.15) is 5.10 Å². The minimum absolute atomic E-state index is 0.244. The van der Waals surface area contributed by atoms with Crippen LogP contribution in [0.4, 0.5) is 0 Å². The van der Waals surface area contributed by atoms with E-state index in [9.17, 15) is 4.79 Å². The van der Waals surface area contributed by atoms with E-state index in [4.69, 9.17) is 0 Å². The maximum Gasteiger partial charge on any atom is 0.227 e. The molecule has 1 aromatic rings. The van der Waals surface area contributed by atoms with E-state index in [1.54, 1.807) is 0 Å². The van der Waals surface area contributed by atoms with Crippen LogP contribution in [0.15, 0.2) is 18.5 Å². The summed E-state index contributed by atoms with van der Waals surface area (Å²) in [4.78, 5) is 17.6. The highest BCUT2D eigenvalue weighted by Gasteiger charge is 2.35. The Morgan fingerprint density at radius 3 is 2.42 bits per heavy atom. The van der Waals surface area contributed by atoms with Crippen LogP contribution in [-0.2, 0) is 4.79 Å². The van der Waals surface area contributed by atoms with Gasteiger partial charge in [-0.3, -0.25) is 14.4 Å². The molecule has 1 atom stereocenters. The number of nitrogens with zero attached hydrogens (tertiary/aromatic N) is 4. The van der Waals surface area contributed by atoms with E-state index in [0.717, 1.165) is 51.5 Å². The van der Waals surface area contributed by atoms with Crippen molar-refractivity contribution < 1.29 is 4.79 Å². The molecule has 5 heteroatoms. The fourth-order valence-electron chi connectivity index (χ4n) is 4.87. The Kier molecular flexibility index (Phi) is 4.88. The molecule has 2 aliphatic heterocycles. The van der Waals surface area contributed by atoms with Crippen molar-refractivity contribution in [1.82, 2.24) is 19.6 Å². The van der Waals surface area contributed by atoms with E-state index in [1.165, 1.54) is 32.1 Å². The molecule has 0 aromatic carbocycles. The largest absolute Gasteiger partial charge is 0.342 e. The standard InChI is InChI=1S/C19H30N4O/c24-19(16-7-12-22(15-16)17-5-2-1-3-6-17)21-13-8-18(9-14-21)23-11-4-10-20-23/h4,10-11,16-18H,1-3,5-9,12-15H2. The molecule has 4 rings (SSSR count). The lowest BCUT2D eigenvalue weighted by atomic mass is 9.94. The Morgan fingerprint density at radius 1 is 0.917 bits per heavy atom. The van der Waals surface area contributed by atoms with Gasteiger partial charge in [0.05, 0.1) is 12.0 Å². The normalized spacial score (nSPS) is 27.7. The Bertz CT molecular complexity index is 530. The van der Waals surface area contributed by atoms with Crippen molar-refractivity contribution in [1.29, 1.82) is 0 Å². The zero-order valence-corrected chi connectivity index (χ0v) is 14.6. The first-order valence-electron chi connectivity index (χ1n) is 9.83. The molecule has 5 nitrogen and oxygen atoms in total. The monoisotopic (exact) mass is 330 g/mol. The van der Waals surface area contributed by atoms with Gasteiger partial charge in [0.1, 0.15) is 0 Å². The average molecular weight is 330 g/mol. The Hall–Kier alpha value is -1.36. The number of carbonyl (C=O) groups is 1. The molecule has 3 heterocycles. The number of aromatic nitrogens is 2. The van der Waals surface area contributed by atoms with Gasteiger partial charge in [0.15, 0.2) is 0 Å². The lowest BCUT2D eigenvalue weighted by Gasteiger charge is -2.34. The van der Waals surface area contributed by atoms with Gasteiger partial charge in [-0.15, -0.1) is 0 Å². The zero-order valence-electron chi connectivity index (χ0n) is 14.6. The minimum atomic E-state index is 0.244. The Morgan fingerprint density at radius 2 is 1.71 bits per heavy atom. The van der Waals surface area contributed by atoms with E-state index in [0.29, 0.717) is 11.9 Å². The molecule has 0 N–H and O–H groups in total. The molecule has 3 aliphatic rings. The number of hydrogen-bond acceptors (Lipinski definition) is 3. The van der Waals surface area contributed by atoms with Crippen molar-refractivity contribution >= 4 is 5.91 Å². The molecule has 1 saturated carbocycles. The molecule has 1 aromatic heterocycles. The predicted molar refractivity (Wildman–Crippen MR) is 93.6 cm³/mol. The molecule has 1 aliphatic carbocycles. The minimum Gasteiger partial charge on any atom is -0.342 e. The predicted octanol–water partition coefficient (Wildman–Crippen LogP) is 2.70. The van der Waals surface area contributed by atoms with Gasteiger partial charge in [-0.05, 0) is 44.7 Å². The third-order valence-electron chi connectivity index (χ3n) is 6.34. The molecule has 132 valence electrons. The van der Waals surface area contributed by atoms with Gasteiger partial charge < -0.3 is 4.90 Å². The quantitative estimate of drug-likeness (QED) is 0.856. The van der Waals surface area contributed by atoms with Crippen LogP contribution >= 0.6 is 0 Å². The van der Waals surface area contributed by atoms with Crippen LogP contribution in [-0.4, -0.2) is 57.7 Å². The fraction of sp³-hybridized carbons (Fsp3) is 0.789. The van der Waals surface area contributed by atoms with Crippen molar-refractivity contribution in [2.24, 2.45) is 5.92 Å². The first-order chi connectivity index (χ1) is 11.8. The first kappa shape index (κ1) is 16.1. The number of rotatable bonds is 3.